The van der Waals surface area contributed by atoms with Crippen LogP contribution in [0, 0.1) is 0 Å². The van der Waals surface area contributed by atoms with Gasteiger partial charge in [-0.05, 0) is 24.4 Å². The Labute approximate surface area is 115 Å². The summed E-state index contributed by atoms with van der Waals surface area (Å²) in [7, 11) is 0. The molecule has 0 saturated heterocycles. The number of hydrogen-bond acceptors (Lipinski definition) is 5. The lowest BCUT2D eigenvalue weighted by Gasteiger charge is -2.15. The zero-order valence-electron chi connectivity index (χ0n) is 10.6. The lowest BCUT2D eigenvalue weighted by Crippen LogP contribution is -2.22. The predicted octanol–water partition coefficient (Wildman–Crippen LogP) is 2.25. The van der Waals surface area contributed by atoms with Crippen molar-refractivity contribution in [2.24, 2.45) is 0 Å². The predicted molar refractivity (Wildman–Crippen MR) is 74.0 cm³/mol. The highest BCUT2D eigenvalue weighted by Crippen LogP contribution is 2.31. The van der Waals surface area contributed by atoms with Gasteiger partial charge in [-0.15, -0.1) is 11.3 Å². The molecular weight excluding hydrogens is 264 g/mol. The number of thiophene rings is 1. The second-order valence-electron chi connectivity index (χ2n) is 4.21. The summed E-state index contributed by atoms with van der Waals surface area (Å²) in [6.07, 6.45) is -2.42. The van der Waals surface area contributed by atoms with Gasteiger partial charge in [-0.2, -0.15) is 0 Å². The maximum absolute atomic E-state index is 11.3. The van der Waals surface area contributed by atoms with Crippen molar-refractivity contribution < 1.29 is 19.7 Å². The number of benzene rings is 1. The van der Waals surface area contributed by atoms with Gasteiger partial charge in [-0.1, -0.05) is 18.2 Å². The monoisotopic (exact) mass is 280 g/mol. The lowest BCUT2D eigenvalue weighted by molar-refractivity contribution is -0.147. The van der Waals surface area contributed by atoms with Crippen LogP contribution < -0.4 is 0 Å². The summed E-state index contributed by atoms with van der Waals surface area (Å²) >= 11 is 1.41. The van der Waals surface area contributed by atoms with E-state index >= 15 is 0 Å². The van der Waals surface area contributed by atoms with E-state index in [-0.39, 0.29) is 13.0 Å². The number of hydrogen-bond donors (Lipinski definition) is 2. The highest BCUT2D eigenvalue weighted by molar-refractivity contribution is 7.19. The Hall–Kier alpha value is -1.43. The third-order valence-electron chi connectivity index (χ3n) is 2.78. The number of ether oxygens (including phenoxy) is 1. The molecule has 0 aliphatic rings. The molecule has 102 valence electrons. The smallest absolute Gasteiger partial charge is 0.308 e. The third-order valence-corrected chi connectivity index (χ3v) is 3.97. The summed E-state index contributed by atoms with van der Waals surface area (Å²) in [6, 6.07) is 9.57. The van der Waals surface area contributed by atoms with Crippen LogP contribution in [0.2, 0.25) is 0 Å². The zero-order valence-corrected chi connectivity index (χ0v) is 11.4. The van der Waals surface area contributed by atoms with E-state index in [1.807, 2.05) is 30.3 Å². The number of rotatable bonds is 5. The van der Waals surface area contributed by atoms with Gasteiger partial charge in [0.2, 0.25) is 0 Å². The fourth-order valence-electron chi connectivity index (χ4n) is 1.84. The Morgan fingerprint density at radius 3 is 2.79 bits per heavy atom. The van der Waals surface area contributed by atoms with Crippen molar-refractivity contribution in [2.45, 2.75) is 25.6 Å². The first-order chi connectivity index (χ1) is 9.11. The van der Waals surface area contributed by atoms with Gasteiger partial charge in [0.1, 0.15) is 6.10 Å². The van der Waals surface area contributed by atoms with Crippen LogP contribution in [0.4, 0.5) is 0 Å². The molecule has 0 aliphatic carbocycles. The second-order valence-corrected chi connectivity index (χ2v) is 5.32. The normalized spacial score (nSPS) is 14.3. The number of aliphatic hydroxyl groups is 2. The van der Waals surface area contributed by atoms with Gasteiger partial charge in [0.15, 0.2) is 0 Å². The second kappa shape index (κ2) is 6.14. The summed E-state index contributed by atoms with van der Waals surface area (Å²) in [5.74, 6) is -0.504. The van der Waals surface area contributed by atoms with Crippen molar-refractivity contribution >= 4 is 27.4 Å². The van der Waals surface area contributed by atoms with Crippen molar-refractivity contribution in [2.75, 3.05) is 6.61 Å². The maximum Gasteiger partial charge on any atom is 0.308 e. The van der Waals surface area contributed by atoms with Gasteiger partial charge >= 0.3 is 5.97 Å². The van der Waals surface area contributed by atoms with Gasteiger partial charge in [-0.3, -0.25) is 4.79 Å². The van der Waals surface area contributed by atoms with Crippen molar-refractivity contribution in [3.63, 3.8) is 0 Å². The number of fused-ring (bicyclic) bond motifs is 1. The minimum Gasteiger partial charge on any atom is -0.466 e. The van der Waals surface area contributed by atoms with Gasteiger partial charge in [-0.25, -0.2) is 0 Å². The molecule has 2 N–H and O–H groups in total. The van der Waals surface area contributed by atoms with E-state index in [0.717, 1.165) is 10.1 Å². The molecular formula is C14H16O4S. The zero-order chi connectivity index (χ0) is 13.8. The highest BCUT2D eigenvalue weighted by Gasteiger charge is 2.23. The molecule has 0 aliphatic heterocycles. The Morgan fingerprint density at radius 2 is 2.11 bits per heavy atom. The molecule has 2 rings (SSSR count). The largest absolute Gasteiger partial charge is 0.466 e. The van der Waals surface area contributed by atoms with Crippen molar-refractivity contribution in [3.05, 3.63) is 35.2 Å². The topological polar surface area (TPSA) is 66.8 Å². The van der Waals surface area contributed by atoms with E-state index in [1.165, 1.54) is 11.3 Å². The molecule has 0 spiro atoms. The van der Waals surface area contributed by atoms with Crippen LogP contribution in [0.1, 0.15) is 24.3 Å². The molecule has 19 heavy (non-hydrogen) atoms. The van der Waals surface area contributed by atoms with Crippen LogP contribution in [-0.4, -0.2) is 28.9 Å². The molecule has 1 aromatic heterocycles. The van der Waals surface area contributed by atoms with Crippen LogP contribution in [0.5, 0.6) is 0 Å². The molecule has 0 amide bonds. The Kier molecular flexibility index (Phi) is 4.52. The van der Waals surface area contributed by atoms with Crippen molar-refractivity contribution in [1.82, 2.24) is 0 Å². The average molecular weight is 280 g/mol. The third kappa shape index (κ3) is 3.32. The van der Waals surface area contributed by atoms with Crippen LogP contribution in [0.15, 0.2) is 30.3 Å². The summed E-state index contributed by atoms with van der Waals surface area (Å²) in [4.78, 5) is 11.9. The SMILES string of the molecule is CCOC(=O)CC(O)C(O)c1cc2ccccc2s1. The minimum absolute atomic E-state index is 0.205. The number of aliphatic hydroxyl groups excluding tert-OH is 2. The molecule has 2 unspecified atom stereocenters. The summed E-state index contributed by atoms with van der Waals surface area (Å²) < 4.78 is 5.79. The van der Waals surface area contributed by atoms with E-state index in [0.29, 0.717) is 4.88 Å². The molecule has 1 aromatic carbocycles. The van der Waals surface area contributed by atoms with Crippen LogP contribution in [-0.2, 0) is 9.53 Å². The Bertz CT molecular complexity index is 530. The molecule has 0 radical (unpaired) electrons. The quantitative estimate of drug-likeness (QED) is 0.824. The molecule has 0 saturated carbocycles. The van der Waals surface area contributed by atoms with Gasteiger partial charge in [0.05, 0.1) is 19.1 Å². The molecule has 2 atom stereocenters. The maximum atomic E-state index is 11.3. The van der Waals surface area contributed by atoms with E-state index in [1.54, 1.807) is 6.92 Å². The van der Waals surface area contributed by atoms with E-state index in [2.05, 4.69) is 0 Å². The van der Waals surface area contributed by atoms with Crippen LogP contribution in [0.25, 0.3) is 10.1 Å². The molecule has 1 heterocycles. The number of carbonyl (C=O) groups excluding carboxylic acids is 1. The van der Waals surface area contributed by atoms with E-state index in [9.17, 15) is 15.0 Å². The summed E-state index contributed by atoms with van der Waals surface area (Å²) in [5, 5.41) is 20.9. The van der Waals surface area contributed by atoms with Gasteiger partial charge < -0.3 is 14.9 Å². The van der Waals surface area contributed by atoms with E-state index < -0.39 is 18.2 Å². The fraction of sp³-hybridized carbons (Fsp3) is 0.357. The van der Waals surface area contributed by atoms with E-state index in [4.69, 9.17) is 4.74 Å². The van der Waals surface area contributed by atoms with Gasteiger partial charge in [0.25, 0.3) is 0 Å². The van der Waals surface area contributed by atoms with Crippen molar-refractivity contribution in [1.29, 1.82) is 0 Å². The Balaban J connectivity index is 2.09. The van der Waals surface area contributed by atoms with Gasteiger partial charge in [0, 0.05) is 9.58 Å². The highest BCUT2D eigenvalue weighted by atomic mass is 32.1. The first kappa shape index (κ1) is 14.0. The summed E-state index contributed by atoms with van der Waals surface area (Å²) in [5.41, 5.74) is 0. The standard InChI is InChI=1S/C14H16O4S/c1-2-18-13(16)8-10(15)14(17)12-7-9-5-3-4-6-11(9)19-12/h3-7,10,14-15,17H,2,8H2,1H3. The average Bonchev–Trinajstić information content (AvgIpc) is 2.81. The lowest BCUT2D eigenvalue weighted by atomic mass is 10.1. The number of esters is 1. The molecule has 4 nitrogen and oxygen atoms in total. The summed E-state index contributed by atoms with van der Waals surface area (Å²) in [6.45, 7) is 1.97. The van der Waals surface area contributed by atoms with Crippen molar-refractivity contribution in [3.8, 4) is 0 Å². The van der Waals surface area contributed by atoms with Crippen LogP contribution >= 0.6 is 11.3 Å². The fourth-order valence-corrected chi connectivity index (χ4v) is 2.95. The molecule has 5 heteroatoms. The molecule has 0 fully saturated rings. The number of carbonyl (C=O) groups is 1. The first-order valence-electron chi connectivity index (χ1n) is 6.12. The molecule has 2 aromatic rings. The molecule has 0 bridgehead atoms. The minimum atomic E-state index is -1.15. The Morgan fingerprint density at radius 1 is 1.37 bits per heavy atom. The van der Waals surface area contributed by atoms with Crippen LogP contribution in [0.3, 0.4) is 0 Å². The first-order valence-corrected chi connectivity index (χ1v) is 6.93.